The Kier molecular flexibility index (Phi) is 15.6. The molecule has 0 radical (unpaired) electrons. The van der Waals surface area contributed by atoms with Crippen molar-refractivity contribution in [1.82, 2.24) is 9.80 Å². The summed E-state index contributed by atoms with van der Waals surface area (Å²) in [6.45, 7) is 12.4. The third kappa shape index (κ3) is 14.6. The van der Waals surface area contributed by atoms with Crippen molar-refractivity contribution in [2.24, 2.45) is 0 Å². The van der Waals surface area contributed by atoms with Gasteiger partial charge in [-0.1, -0.05) is 47.5 Å². The number of alkyl halides is 1. The second-order valence-electron chi connectivity index (χ2n) is 13.9. The van der Waals surface area contributed by atoms with Gasteiger partial charge in [-0.25, -0.2) is 9.59 Å². The summed E-state index contributed by atoms with van der Waals surface area (Å²) in [6, 6.07) is 15.4. The van der Waals surface area contributed by atoms with Gasteiger partial charge in [-0.05, 0) is 115 Å². The monoisotopic (exact) mass is 699 g/mol. The summed E-state index contributed by atoms with van der Waals surface area (Å²) in [4.78, 5) is 28.5. The Bertz CT molecular complexity index is 1260. The Morgan fingerprint density at radius 3 is 1.57 bits per heavy atom. The first-order chi connectivity index (χ1) is 22.4. The molecule has 2 aliphatic rings. The summed E-state index contributed by atoms with van der Waals surface area (Å²) in [6.07, 6.45) is 3.55. The number of benzene rings is 2. The van der Waals surface area contributed by atoms with E-state index in [0.29, 0.717) is 37.4 Å². The predicted octanol–water partition coefficient (Wildman–Crippen LogP) is 8.53. The lowest BCUT2D eigenvalue weighted by molar-refractivity contribution is -0.0179. The number of methoxy groups -OCH3 is 1. The van der Waals surface area contributed by atoms with Gasteiger partial charge in [-0.3, -0.25) is 4.39 Å². The van der Waals surface area contributed by atoms with Crippen LogP contribution in [-0.2, 0) is 27.1 Å². The number of ether oxygens (including phenoxy) is 3. The van der Waals surface area contributed by atoms with Crippen molar-refractivity contribution in [2.75, 3.05) is 27.4 Å². The lowest BCUT2D eigenvalue weighted by atomic mass is 9.94. The number of hydrogen-bond donors (Lipinski definition) is 1. The van der Waals surface area contributed by atoms with Gasteiger partial charge in [0.1, 0.15) is 11.2 Å². The summed E-state index contributed by atoms with van der Waals surface area (Å²) >= 11 is 11.9. The van der Waals surface area contributed by atoms with Crippen LogP contribution in [0.3, 0.4) is 0 Å². The number of rotatable bonds is 5. The molecule has 4 atom stereocenters. The highest BCUT2D eigenvalue weighted by atomic mass is 35.5. The molecule has 2 unspecified atom stereocenters. The van der Waals surface area contributed by atoms with Crippen molar-refractivity contribution in [3.8, 4) is 0 Å². The number of nitrogens with zero attached hydrogens (tertiary/aromatic N) is 2. The van der Waals surface area contributed by atoms with E-state index in [1.165, 1.54) is 0 Å². The fourth-order valence-electron chi connectivity index (χ4n) is 5.55. The first-order valence-corrected chi connectivity index (χ1v) is 16.7. The Balaban J connectivity index is 0.000000309. The Labute approximate surface area is 291 Å². The summed E-state index contributed by atoms with van der Waals surface area (Å²) in [5.41, 5.74) is 1.25. The van der Waals surface area contributed by atoms with E-state index in [9.17, 15) is 19.1 Å². The van der Waals surface area contributed by atoms with Crippen molar-refractivity contribution >= 4 is 35.4 Å². The maximum atomic E-state index is 12.5. The molecule has 0 aromatic heterocycles. The molecule has 4 rings (SSSR count). The van der Waals surface area contributed by atoms with Gasteiger partial charge in [-0.15, -0.1) is 0 Å². The van der Waals surface area contributed by atoms with E-state index < -0.39 is 18.4 Å². The number of aliphatic hydroxyl groups excluding tert-OH is 1. The number of amides is 2. The molecule has 0 spiro atoms. The molecule has 2 heterocycles. The molecule has 2 aromatic carbocycles. The van der Waals surface area contributed by atoms with Gasteiger partial charge in [0, 0.05) is 42.3 Å². The average Bonchev–Trinajstić information content (AvgIpc) is 2.98. The summed E-state index contributed by atoms with van der Waals surface area (Å²) < 4.78 is 32.0. The lowest BCUT2D eigenvalue weighted by Gasteiger charge is -2.39. The number of carbonyl (C=O) groups excluding carboxylic acids is 2. The molecule has 1 N–H and O–H groups in total. The average molecular weight is 701 g/mol. The Hall–Kier alpha value is -2.59. The zero-order chi connectivity index (χ0) is 36.1. The van der Waals surface area contributed by atoms with E-state index >= 15 is 0 Å². The third-order valence-electron chi connectivity index (χ3n) is 7.71. The van der Waals surface area contributed by atoms with E-state index in [-0.39, 0.29) is 36.5 Å². The van der Waals surface area contributed by atoms with Crippen LogP contribution < -0.4 is 0 Å². The zero-order valence-corrected chi connectivity index (χ0v) is 30.3. The molecule has 2 fully saturated rings. The minimum absolute atomic E-state index is 0.0558. The van der Waals surface area contributed by atoms with Gasteiger partial charge >= 0.3 is 12.2 Å². The van der Waals surface area contributed by atoms with Crippen molar-refractivity contribution in [2.45, 2.75) is 116 Å². The highest BCUT2D eigenvalue weighted by Gasteiger charge is 2.35. The minimum Gasteiger partial charge on any atom is -0.444 e. The second-order valence-corrected chi connectivity index (χ2v) is 14.7. The number of likely N-dealkylation sites (tertiary alicyclic amines) is 2. The molecular formula is C36H53Cl2FN2O6. The molecule has 0 aliphatic carbocycles. The topological polar surface area (TPSA) is 88.5 Å². The van der Waals surface area contributed by atoms with E-state index in [1.807, 2.05) is 95.0 Å². The minimum atomic E-state index is -1.00. The molecule has 11 heteroatoms. The Morgan fingerprint density at radius 2 is 1.19 bits per heavy atom. The van der Waals surface area contributed by atoms with Gasteiger partial charge in [0.05, 0.1) is 20.7 Å². The van der Waals surface area contributed by atoms with Crippen LogP contribution in [0.25, 0.3) is 0 Å². The van der Waals surface area contributed by atoms with Crippen LogP contribution in [0.1, 0.15) is 79.7 Å². The number of carbonyl (C=O) groups is 2. The van der Waals surface area contributed by atoms with E-state index in [0.717, 1.165) is 35.4 Å². The first kappa shape index (κ1) is 38.9. The molecule has 0 bridgehead atoms. The lowest BCUT2D eigenvalue weighted by Crippen LogP contribution is -2.50. The molecule has 2 aliphatic heterocycles. The van der Waals surface area contributed by atoms with Crippen molar-refractivity contribution in [3.63, 3.8) is 0 Å². The summed E-state index contributed by atoms with van der Waals surface area (Å²) in [5, 5.41) is 11.3. The normalized spacial score (nSPS) is 21.7. The molecule has 47 heavy (non-hydrogen) atoms. The summed E-state index contributed by atoms with van der Waals surface area (Å²) in [7, 11) is 0.729. The fraction of sp³-hybridized carbons (Fsp3) is 0.611. The largest absolute Gasteiger partial charge is 0.444 e. The van der Waals surface area contributed by atoms with Crippen molar-refractivity contribution in [3.05, 3.63) is 69.7 Å². The van der Waals surface area contributed by atoms with Gasteiger partial charge in [-0.2, -0.15) is 0 Å². The number of halogens is 3. The van der Waals surface area contributed by atoms with Crippen LogP contribution in [0.2, 0.25) is 10.0 Å². The molecule has 2 saturated heterocycles. The molecule has 264 valence electrons. The highest BCUT2D eigenvalue weighted by molar-refractivity contribution is 6.30. The van der Waals surface area contributed by atoms with Crippen LogP contribution in [-0.4, -0.2) is 89.9 Å². The summed E-state index contributed by atoms with van der Waals surface area (Å²) in [5.74, 6) is 0. The van der Waals surface area contributed by atoms with Crippen LogP contribution in [0, 0.1) is 0 Å². The van der Waals surface area contributed by atoms with E-state index in [2.05, 4.69) is 0 Å². The van der Waals surface area contributed by atoms with Gasteiger partial charge < -0.3 is 29.1 Å². The number of hydrogen-bond acceptors (Lipinski definition) is 6. The third-order valence-corrected chi connectivity index (χ3v) is 8.22. The predicted molar refractivity (Wildman–Crippen MR) is 186 cm³/mol. The molecule has 8 nitrogen and oxygen atoms in total. The maximum absolute atomic E-state index is 12.5. The fourth-order valence-corrected chi connectivity index (χ4v) is 5.80. The standard InChI is InChI=1S/C18H26ClNO3.C17H24ClNO3.CH3F/c1-18(2,3)23-17(21)20-10-9-16(22-4)12-15(20)11-13-5-7-14(19)8-6-13;1-17(2,3)22-16(21)19-9-8-15(20)11-14(19)10-12-4-6-13(18)7-5-12;1-2/h5-8,15-16H,9-12H2,1-4H3;4-7,14-15,20H,8-11H2,1-3H3;1H3/t15?,16-;14?,15-;/m00./s1/i;;1D. The van der Waals surface area contributed by atoms with E-state index in [1.54, 1.807) is 12.0 Å². The van der Waals surface area contributed by atoms with E-state index in [4.69, 9.17) is 38.8 Å². The maximum Gasteiger partial charge on any atom is 0.410 e. The molecular weight excluding hydrogens is 646 g/mol. The molecule has 0 saturated carbocycles. The second kappa shape index (κ2) is 18.8. The smallest absolute Gasteiger partial charge is 0.410 e. The van der Waals surface area contributed by atoms with Gasteiger partial charge in [0.25, 0.3) is 0 Å². The SMILES string of the molecule is CC(C)(C)OC(=O)N1CC[C@H](O)CC1Cc1ccc(Cl)cc1.CO[C@H]1CCN(C(=O)OC(C)(C)C)C(Cc2ccc(Cl)cc2)C1.[2H]CF. The van der Waals surface area contributed by atoms with Crippen molar-refractivity contribution < 1.29 is 34.7 Å². The van der Waals surface area contributed by atoms with Crippen LogP contribution in [0.5, 0.6) is 0 Å². The molecule has 2 aromatic rings. The van der Waals surface area contributed by atoms with Gasteiger partial charge in [0.2, 0.25) is 0 Å². The quantitative estimate of drug-likeness (QED) is 0.337. The first-order valence-electron chi connectivity index (χ1n) is 16.7. The van der Waals surface area contributed by atoms with Crippen LogP contribution in [0.4, 0.5) is 14.0 Å². The highest BCUT2D eigenvalue weighted by Crippen LogP contribution is 2.26. The van der Waals surface area contributed by atoms with Crippen molar-refractivity contribution in [1.29, 1.82) is 0 Å². The van der Waals surface area contributed by atoms with Gasteiger partial charge in [0.15, 0.2) is 0 Å². The van der Waals surface area contributed by atoms with Crippen LogP contribution >= 0.6 is 23.2 Å². The number of piperidine rings is 2. The van der Waals surface area contributed by atoms with Crippen LogP contribution in [0.15, 0.2) is 48.5 Å². The number of aliphatic hydroxyl groups is 1. The Morgan fingerprint density at radius 1 is 0.809 bits per heavy atom. The zero-order valence-electron chi connectivity index (χ0n) is 29.8. The molecule has 2 amide bonds.